The number of rotatable bonds is 2. The first kappa shape index (κ1) is 11.6. The minimum Gasteiger partial charge on any atom is -0.294 e. The molecule has 0 radical (unpaired) electrons. The second kappa shape index (κ2) is 4.96. The van der Waals surface area contributed by atoms with E-state index in [0.29, 0.717) is 12.1 Å². The normalized spacial score (nSPS) is 22.6. The van der Waals surface area contributed by atoms with Crippen molar-refractivity contribution >= 4 is 0 Å². The molecule has 88 valence electrons. The average molecular weight is 218 g/mol. The SMILES string of the molecule is Cc1cc([C@@H]2CCCCN2C(C)C)ccn1. The largest absolute Gasteiger partial charge is 0.294 e. The van der Waals surface area contributed by atoms with Gasteiger partial charge in [-0.1, -0.05) is 6.42 Å². The summed E-state index contributed by atoms with van der Waals surface area (Å²) in [7, 11) is 0. The maximum atomic E-state index is 4.29. The third-order valence-corrected chi connectivity index (χ3v) is 3.51. The lowest BCUT2D eigenvalue weighted by Gasteiger charge is -2.39. The van der Waals surface area contributed by atoms with Gasteiger partial charge in [0.15, 0.2) is 0 Å². The molecular weight excluding hydrogens is 196 g/mol. The van der Waals surface area contributed by atoms with Crippen molar-refractivity contribution in [3.63, 3.8) is 0 Å². The zero-order valence-corrected chi connectivity index (χ0v) is 10.6. The Morgan fingerprint density at radius 1 is 1.38 bits per heavy atom. The van der Waals surface area contributed by atoms with E-state index in [0.717, 1.165) is 5.69 Å². The molecule has 1 aromatic heterocycles. The molecular formula is C14H22N2. The number of nitrogens with zero attached hydrogens (tertiary/aromatic N) is 2. The highest BCUT2D eigenvalue weighted by Gasteiger charge is 2.25. The predicted molar refractivity (Wildman–Crippen MR) is 67.4 cm³/mol. The molecule has 2 heterocycles. The smallest absolute Gasteiger partial charge is 0.0375 e. The van der Waals surface area contributed by atoms with Crippen LogP contribution >= 0.6 is 0 Å². The summed E-state index contributed by atoms with van der Waals surface area (Å²) in [5, 5.41) is 0. The van der Waals surface area contributed by atoms with E-state index >= 15 is 0 Å². The number of likely N-dealkylation sites (tertiary alicyclic amines) is 1. The monoisotopic (exact) mass is 218 g/mol. The molecule has 0 bridgehead atoms. The minimum absolute atomic E-state index is 0.607. The van der Waals surface area contributed by atoms with E-state index in [1.54, 1.807) is 0 Å². The molecule has 2 rings (SSSR count). The highest BCUT2D eigenvalue weighted by atomic mass is 15.2. The topological polar surface area (TPSA) is 16.1 Å². The summed E-state index contributed by atoms with van der Waals surface area (Å²) in [6, 6.07) is 5.67. The second-order valence-corrected chi connectivity index (χ2v) is 5.07. The van der Waals surface area contributed by atoms with E-state index in [1.165, 1.54) is 31.4 Å². The van der Waals surface area contributed by atoms with Crippen LogP contribution in [-0.4, -0.2) is 22.5 Å². The molecule has 1 aromatic rings. The Bertz CT molecular complexity index is 346. The Morgan fingerprint density at radius 3 is 2.88 bits per heavy atom. The van der Waals surface area contributed by atoms with Crippen molar-refractivity contribution in [2.45, 2.75) is 52.1 Å². The molecule has 0 spiro atoms. The van der Waals surface area contributed by atoms with Crippen LogP contribution in [0.3, 0.4) is 0 Å². The average Bonchev–Trinajstić information content (AvgIpc) is 2.29. The minimum atomic E-state index is 0.607. The van der Waals surface area contributed by atoms with Gasteiger partial charge in [-0.25, -0.2) is 0 Å². The summed E-state index contributed by atoms with van der Waals surface area (Å²) in [6.07, 6.45) is 5.94. The molecule has 0 unspecified atom stereocenters. The van der Waals surface area contributed by atoms with E-state index in [-0.39, 0.29) is 0 Å². The fourth-order valence-corrected chi connectivity index (χ4v) is 2.70. The van der Waals surface area contributed by atoms with E-state index in [2.05, 4.69) is 42.8 Å². The first-order valence-electron chi connectivity index (χ1n) is 6.37. The van der Waals surface area contributed by atoms with Gasteiger partial charge in [-0.05, 0) is 57.9 Å². The van der Waals surface area contributed by atoms with Crippen LogP contribution in [0.2, 0.25) is 0 Å². The standard InChI is InChI=1S/C14H22N2/c1-11(2)16-9-5-4-6-14(16)13-7-8-15-12(3)10-13/h7-8,10-11,14H,4-6,9H2,1-3H3/t14-/m0/s1. The summed E-state index contributed by atoms with van der Waals surface area (Å²) < 4.78 is 0. The van der Waals surface area contributed by atoms with Gasteiger partial charge in [0, 0.05) is 24.0 Å². The zero-order chi connectivity index (χ0) is 11.5. The van der Waals surface area contributed by atoms with E-state index in [9.17, 15) is 0 Å². The molecule has 1 fully saturated rings. The van der Waals surface area contributed by atoms with Crippen molar-refractivity contribution in [2.75, 3.05) is 6.54 Å². The fraction of sp³-hybridized carbons (Fsp3) is 0.643. The van der Waals surface area contributed by atoms with E-state index < -0.39 is 0 Å². The van der Waals surface area contributed by atoms with Crippen LogP contribution < -0.4 is 0 Å². The van der Waals surface area contributed by atoms with Crippen molar-refractivity contribution in [1.29, 1.82) is 0 Å². The zero-order valence-electron chi connectivity index (χ0n) is 10.6. The first-order valence-corrected chi connectivity index (χ1v) is 6.37. The van der Waals surface area contributed by atoms with Gasteiger partial charge in [0.25, 0.3) is 0 Å². The van der Waals surface area contributed by atoms with Gasteiger partial charge in [-0.3, -0.25) is 9.88 Å². The van der Waals surface area contributed by atoms with Gasteiger partial charge in [-0.2, -0.15) is 0 Å². The molecule has 0 saturated carbocycles. The van der Waals surface area contributed by atoms with Crippen LogP contribution in [0.25, 0.3) is 0 Å². The van der Waals surface area contributed by atoms with Crippen molar-refractivity contribution in [3.05, 3.63) is 29.6 Å². The molecule has 0 amide bonds. The third kappa shape index (κ3) is 2.43. The van der Waals surface area contributed by atoms with Crippen LogP contribution in [0, 0.1) is 6.92 Å². The van der Waals surface area contributed by atoms with Crippen molar-refractivity contribution in [2.24, 2.45) is 0 Å². The maximum Gasteiger partial charge on any atom is 0.0375 e. The predicted octanol–water partition coefficient (Wildman–Crippen LogP) is 3.33. The Kier molecular flexibility index (Phi) is 3.59. The lowest BCUT2D eigenvalue weighted by molar-refractivity contribution is 0.112. The van der Waals surface area contributed by atoms with E-state index in [4.69, 9.17) is 0 Å². The van der Waals surface area contributed by atoms with Gasteiger partial charge < -0.3 is 0 Å². The Hall–Kier alpha value is -0.890. The number of aryl methyl sites for hydroxylation is 1. The number of pyridine rings is 1. The van der Waals surface area contributed by atoms with Crippen LogP contribution in [-0.2, 0) is 0 Å². The van der Waals surface area contributed by atoms with Crippen LogP contribution in [0.15, 0.2) is 18.3 Å². The highest BCUT2D eigenvalue weighted by molar-refractivity contribution is 5.20. The van der Waals surface area contributed by atoms with Crippen molar-refractivity contribution in [1.82, 2.24) is 9.88 Å². The summed E-state index contributed by atoms with van der Waals surface area (Å²) in [5.41, 5.74) is 2.58. The number of hydrogen-bond donors (Lipinski definition) is 0. The molecule has 1 aliphatic rings. The second-order valence-electron chi connectivity index (χ2n) is 5.07. The van der Waals surface area contributed by atoms with Crippen LogP contribution in [0.4, 0.5) is 0 Å². The summed E-state index contributed by atoms with van der Waals surface area (Å²) in [4.78, 5) is 6.91. The van der Waals surface area contributed by atoms with Gasteiger partial charge in [-0.15, -0.1) is 0 Å². The van der Waals surface area contributed by atoms with Gasteiger partial charge in [0.2, 0.25) is 0 Å². The summed E-state index contributed by atoms with van der Waals surface area (Å²) in [6.45, 7) is 7.91. The molecule has 0 aromatic carbocycles. The molecule has 2 nitrogen and oxygen atoms in total. The maximum absolute atomic E-state index is 4.29. The lowest BCUT2D eigenvalue weighted by Crippen LogP contribution is -2.38. The van der Waals surface area contributed by atoms with Gasteiger partial charge >= 0.3 is 0 Å². The molecule has 0 aliphatic carbocycles. The van der Waals surface area contributed by atoms with Gasteiger partial charge in [0.1, 0.15) is 0 Å². The molecule has 2 heteroatoms. The first-order chi connectivity index (χ1) is 7.68. The molecule has 0 N–H and O–H groups in total. The Morgan fingerprint density at radius 2 is 2.19 bits per heavy atom. The molecule has 1 aliphatic heterocycles. The third-order valence-electron chi connectivity index (χ3n) is 3.51. The fourth-order valence-electron chi connectivity index (χ4n) is 2.70. The quantitative estimate of drug-likeness (QED) is 0.757. The van der Waals surface area contributed by atoms with Gasteiger partial charge in [0.05, 0.1) is 0 Å². The van der Waals surface area contributed by atoms with Crippen LogP contribution in [0.5, 0.6) is 0 Å². The van der Waals surface area contributed by atoms with E-state index in [1.807, 2.05) is 6.20 Å². The Labute approximate surface area is 98.7 Å². The number of piperidine rings is 1. The molecule has 1 saturated heterocycles. The summed E-state index contributed by atoms with van der Waals surface area (Å²) >= 11 is 0. The summed E-state index contributed by atoms with van der Waals surface area (Å²) in [5.74, 6) is 0. The van der Waals surface area contributed by atoms with Crippen molar-refractivity contribution in [3.8, 4) is 0 Å². The lowest BCUT2D eigenvalue weighted by atomic mass is 9.94. The Balaban J connectivity index is 2.23. The van der Waals surface area contributed by atoms with Crippen molar-refractivity contribution < 1.29 is 0 Å². The molecule has 16 heavy (non-hydrogen) atoms. The van der Waals surface area contributed by atoms with Crippen LogP contribution in [0.1, 0.15) is 50.4 Å². The number of aromatic nitrogens is 1. The molecule has 1 atom stereocenters. The highest BCUT2D eigenvalue weighted by Crippen LogP contribution is 2.32. The number of hydrogen-bond acceptors (Lipinski definition) is 2.